The van der Waals surface area contributed by atoms with Crippen molar-refractivity contribution in [3.8, 4) is 0 Å². The molecule has 1 N–H and O–H groups in total. The van der Waals surface area contributed by atoms with E-state index in [0.29, 0.717) is 6.04 Å². The van der Waals surface area contributed by atoms with Crippen LogP contribution in [-0.2, 0) is 0 Å². The Morgan fingerprint density at radius 2 is 1.93 bits per heavy atom. The fourth-order valence-corrected chi connectivity index (χ4v) is 2.55. The van der Waals surface area contributed by atoms with Crippen molar-refractivity contribution in [1.82, 2.24) is 5.32 Å². The minimum atomic E-state index is 0.487. The molecule has 1 aromatic rings. The molecule has 1 aliphatic carbocycles. The van der Waals surface area contributed by atoms with E-state index in [0.717, 1.165) is 12.0 Å². The highest BCUT2D eigenvalue weighted by atomic mass is 14.9. The van der Waals surface area contributed by atoms with Crippen LogP contribution in [0.3, 0.4) is 0 Å². The van der Waals surface area contributed by atoms with E-state index in [2.05, 4.69) is 49.5 Å². The van der Waals surface area contributed by atoms with Crippen molar-refractivity contribution >= 4 is 0 Å². The first-order chi connectivity index (χ1) is 7.25. The zero-order valence-electron chi connectivity index (χ0n) is 9.74. The van der Waals surface area contributed by atoms with E-state index in [1.54, 1.807) is 0 Å². The summed E-state index contributed by atoms with van der Waals surface area (Å²) in [6.07, 6.45) is 4.08. The summed E-state index contributed by atoms with van der Waals surface area (Å²) in [5.74, 6) is 0.908. The lowest BCUT2D eigenvalue weighted by Gasteiger charge is -2.19. The maximum absolute atomic E-state index is 3.73. The lowest BCUT2D eigenvalue weighted by Crippen LogP contribution is -2.29. The van der Waals surface area contributed by atoms with Crippen LogP contribution in [0.1, 0.15) is 44.7 Å². The van der Waals surface area contributed by atoms with E-state index in [9.17, 15) is 0 Å². The Balaban J connectivity index is 1.90. The lowest BCUT2D eigenvalue weighted by atomic mass is 10.1. The molecule has 0 radical (unpaired) electrons. The lowest BCUT2D eigenvalue weighted by molar-refractivity contribution is 0.449. The first-order valence-electron chi connectivity index (χ1n) is 6.06. The summed E-state index contributed by atoms with van der Waals surface area (Å²) >= 11 is 0. The molecule has 15 heavy (non-hydrogen) atoms. The van der Waals surface area contributed by atoms with Crippen LogP contribution in [0.5, 0.6) is 0 Å². The average Bonchev–Trinajstić information content (AvgIpc) is 2.65. The van der Waals surface area contributed by atoms with Crippen LogP contribution in [0.4, 0.5) is 0 Å². The van der Waals surface area contributed by atoms with Crippen molar-refractivity contribution in [2.45, 2.75) is 45.2 Å². The van der Waals surface area contributed by atoms with Gasteiger partial charge in [-0.1, -0.05) is 37.3 Å². The molecule has 1 aliphatic rings. The summed E-state index contributed by atoms with van der Waals surface area (Å²) in [6.45, 7) is 4.62. The van der Waals surface area contributed by atoms with Crippen molar-refractivity contribution in [3.63, 3.8) is 0 Å². The topological polar surface area (TPSA) is 12.0 Å². The van der Waals surface area contributed by atoms with Crippen molar-refractivity contribution in [2.75, 3.05) is 0 Å². The number of benzene rings is 1. The van der Waals surface area contributed by atoms with Gasteiger partial charge in [-0.2, -0.15) is 0 Å². The molecule has 1 fully saturated rings. The Morgan fingerprint density at radius 3 is 2.53 bits per heavy atom. The molecule has 0 saturated heterocycles. The maximum Gasteiger partial charge on any atom is 0.0294 e. The van der Waals surface area contributed by atoms with E-state index in [4.69, 9.17) is 0 Å². The van der Waals surface area contributed by atoms with Gasteiger partial charge in [0.2, 0.25) is 0 Å². The highest BCUT2D eigenvalue weighted by Gasteiger charge is 2.22. The fourth-order valence-electron chi connectivity index (χ4n) is 2.55. The summed E-state index contributed by atoms with van der Waals surface area (Å²) in [5.41, 5.74) is 1.40. The minimum absolute atomic E-state index is 0.487. The van der Waals surface area contributed by atoms with E-state index in [1.165, 1.54) is 24.8 Å². The Hall–Kier alpha value is -0.820. The highest BCUT2D eigenvalue weighted by Crippen LogP contribution is 2.26. The van der Waals surface area contributed by atoms with E-state index < -0.39 is 0 Å². The van der Waals surface area contributed by atoms with Crippen molar-refractivity contribution in [3.05, 3.63) is 35.9 Å². The van der Waals surface area contributed by atoms with Crippen LogP contribution in [-0.4, -0.2) is 6.04 Å². The van der Waals surface area contributed by atoms with Crippen LogP contribution < -0.4 is 5.32 Å². The molecular formula is C14H21N. The van der Waals surface area contributed by atoms with E-state index in [1.807, 2.05) is 0 Å². The highest BCUT2D eigenvalue weighted by molar-refractivity contribution is 5.18. The summed E-state index contributed by atoms with van der Waals surface area (Å²) in [4.78, 5) is 0. The van der Waals surface area contributed by atoms with Gasteiger partial charge < -0.3 is 5.32 Å². The summed E-state index contributed by atoms with van der Waals surface area (Å²) in [5, 5.41) is 3.73. The normalized spacial score (nSPS) is 27.9. The van der Waals surface area contributed by atoms with Gasteiger partial charge in [0.15, 0.2) is 0 Å². The third kappa shape index (κ3) is 2.82. The molecule has 0 amide bonds. The largest absolute Gasteiger partial charge is 0.307 e. The molecule has 0 unspecified atom stereocenters. The summed E-state index contributed by atoms with van der Waals surface area (Å²) < 4.78 is 0. The number of hydrogen-bond donors (Lipinski definition) is 1. The first kappa shape index (κ1) is 10.7. The minimum Gasteiger partial charge on any atom is -0.307 e. The number of hydrogen-bond acceptors (Lipinski definition) is 1. The molecule has 82 valence electrons. The third-order valence-corrected chi connectivity index (χ3v) is 3.48. The molecule has 0 aromatic heterocycles. The summed E-state index contributed by atoms with van der Waals surface area (Å²) in [7, 11) is 0. The van der Waals surface area contributed by atoms with Gasteiger partial charge in [0.05, 0.1) is 0 Å². The van der Waals surface area contributed by atoms with Crippen LogP contribution >= 0.6 is 0 Å². The third-order valence-electron chi connectivity index (χ3n) is 3.48. The second kappa shape index (κ2) is 4.80. The van der Waals surface area contributed by atoms with E-state index >= 15 is 0 Å². The zero-order chi connectivity index (χ0) is 10.7. The van der Waals surface area contributed by atoms with Gasteiger partial charge in [0, 0.05) is 12.1 Å². The van der Waals surface area contributed by atoms with Crippen molar-refractivity contribution in [2.24, 2.45) is 5.92 Å². The molecule has 1 aromatic carbocycles. The monoisotopic (exact) mass is 203 g/mol. The van der Waals surface area contributed by atoms with Gasteiger partial charge in [-0.3, -0.25) is 0 Å². The smallest absolute Gasteiger partial charge is 0.0294 e. The van der Waals surface area contributed by atoms with Gasteiger partial charge >= 0.3 is 0 Å². The molecule has 1 nitrogen and oxygen atoms in total. The van der Waals surface area contributed by atoms with Gasteiger partial charge in [-0.05, 0) is 37.7 Å². The molecule has 1 saturated carbocycles. The molecule has 0 spiro atoms. The second-order valence-electron chi connectivity index (χ2n) is 4.91. The molecule has 1 heteroatoms. The molecular weight excluding hydrogens is 182 g/mol. The van der Waals surface area contributed by atoms with Crippen LogP contribution in [0, 0.1) is 5.92 Å². The predicted molar refractivity (Wildman–Crippen MR) is 64.8 cm³/mol. The Kier molecular flexibility index (Phi) is 3.42. The second-order valence-corrected chi connectivity index (χ2v) is 4.91. The van der Waals surface area contributed by atoms with Crippen molar-refractivity contribution < 1.29 is 0 Å². The number of rotatable bonds is 3. The zero-order valence-corrected chi connectivity index (χ0v) is 9.74. The average molecular weight is 203 g/mol. The fraction of sp³-hybridized carbons (Fsp3) is 0.571. The maximum atomic E-state index is 3.73. The van der Waals surface area contributed by atoms with Crippen LogP contribution in [0.15, 0.2) is 30.3 Å². The van der Waals surface area contributed by atoms with Crippen LogP contribution in [0.2, 0.25) is 0 Å². The van der Waals surface area contributed by atoms with Gasteiger partial charge in [0.25, 0.3) is 0 Å². The number of nitrogens with one attached hydrogen (secondary N) is 1. The van der Waals surface area contributed by atoms with Crippen LogP contribution in [0.25, 0.3) is 0 Å². The molecule has 0 aliphatic heterocycles. The predicted octanol–water partition coefficient (Wildman–Crippen LogP) is 3.53. The summed E-state index contributed by atoms with van der Waals surface area (Å²) in [6, 6.07) is 11.9. The Morgan fingerprint density at radius 1 is 1.20 bits per heavy atom. The van der Waals surface area contributed by atoms with Gasteiger partial charge in [-0.25, -0.2) is 0 Å². The molecule has 0 bridgehead atoms. The Labute approximate surface area is 92.9 Å². The molecule has 3 atom stereocenters. The standard InChI is InChI=1S/C14H21N/c1-11-8-9-14(10-11)15-12(2)13-6-4-3-5-7-13/h3-7,11-12,14-15H,8-10H2,1-2H3/t11-,12-,14+/m1/s1. The molecule has 2 rings (SSSR count). The van der Waals surface area contributed by atoms with Gasteiger partial charge in [0.1, 0.15) is 0 Å². The van der Waals surface area contributed by atoms with E-state index in [-0.39, 0.29) is 0 Å². The molecule has 0 heterocycles. The van der Waals surface area contributed by atoms with Crippen molar-refractivity contribution in [1.29, 1.82) is 0 Å². The Bertz CT molecular complexity index is 293. The first-order valence-corrected chi connectivity index (χ1v) is 6.06. The quantitative estimate of drug-likeness (QED) is 0.792. The van der Waals surface area contributed by atoms with Gasteiger partial charge in [-0.15, -0.1) is 0 Å². The SMILES string of the molecule is C[C@@H]1CC[C@H](N[C@H](C)c2ccccc2)C1.